The number of carbonyl (C=O) groups excluding carboxylic acids is 1. The number of nitrogens with one attached hydrogen (secondary N) is 1. The number of nitrogens with zero attached hydrogens (tertiary/aromatic N) is 6. The van der Waals surface area contributed by atoms with Crippen LogP contribution in [0.4, 0.5) is 5.82 Å². The molecule has 0 bridgehead atoms. The van der Waals surface area contributed by atoms with E-state index < -0.39 is 0 Å². The van der Waals surface area contributed by atoms with Gasteiger partial charge in [0.2, 0.25) is 0 Å². The van der Waals surface area contributed by atoms with Crippen molar-refractivity contribution in [3.63, 3.8) is 0 Å². The van der Waals surface area contributed by atoms with E-state index in [9.17, 15) is 4.79 Å². The normalized spacial score (nSPS) is 12.4. The van der Waals surface area contributed by atoms with E-state index in [4.69, 9.17) is 10.7 Å². The number of aryl methyl sites for hydroxylation is 1. The highest BCUT2D eigenvalue weighted by Gasteiger charge is 2.23. The fraction of sp³-hybridized carbons (Fsp3) is 0.100. The molecule has 0 fully saturated rings. The molecule has 4 heterocycles. The van der Waals surface area contributed by atoms with Crippen molar-refractivity contribution in [1.29, 1.82) is 0 Å². The number of carbonyl (C=O) groups is 1. The van der Waals surface area contributed by atoms with E-state index in [1.54, 1.807) is 23.1 Å². The largest absolute Gasteiger partial charge is 0.381 e. The van der Waals surface area contributed by atoms with Crippen LogP contribution in [0.2, 0.25) is 0 Å². The van der Waals surface area contributed by atoms with Gasteiger partial charge < -0.3 is 11.1 Å². The molecule has 4 aromatic heterocycles. The Kier molecular flexibility index (Phi) is 6.08. The molecular weight excluding hydrogens is 488 g/mol. The van der Waals surface area contributed by atoms with E-state index in [2.05, 4.69) is 26.6 Å². The van der Waals surface area contributed by atoms with Crippen molar-refractivity contribution in [1.82, 2.24) is 34.7 Å². The van der Waals surface area contributed by atoms with Gasteiger partial charge in [0, 0.05) is 53.3 Å². The van der Waals surface area contributed by atoms with Crippen LogP contribution in [-0.4, -0.2) is 35.3 Å². The number of rotatable bonds is 6. The summed E-state index contributed by atoms with van der Waals surface area (Å²) in [7, 11) is 1.89. The molecule has 39 heavy (non-hydrogen) atoms. The van der Waals surface area contributed by atoms with Crippen molar-refractivity contribution in [2.75, 3.05) is 5.73 Å². The number of amides is 1. The Balaban J connectivity index is 1.42. The first-order chi connectivity index (χ1) is 19.0. The summed E-state index contributed by atoms with van der Waals surface area (Å²) in [5, 5.41) is 12.5. The second-order valence-electron chi connectivity index (χ2n) is 9.34. The monoisotopic (exact) mass is 514 g/mol. The lowest BCUT2D eigenvalue weighted by molar-refractivity contribution is 0.0942. The van der Waals surface area contributed by atoms with Gasteiger partial charge in [0.15, 0.2) is 11.5 Å². The van der Waals surface area contributed by atoms with Gasteiger partial charge in [0.1, 0.15) is 5.56 Å². The Hall–Kier alpha value is -5.31. The van der Waals surface area contributed by atoms with Gasteiger partial charge in [-0.15, -0.1) is 5.10 Å². The van der Waals surface area contributed by atoms with Gasteiger partial charge in [0.25, 0.3) is 5.91 Å². The third kappa shape index (κ3) is 4.61. The Morgan fingerprint density at radius 2 is 1.92 bits per heavy atom. The highest BCUT2D eigenvalue weighted by atomic mass is 16.1. The molecule has 1 atom stereocenters. The zero-order valence-corrected chi connectivity index (χ0v) is 21.5. The Bertz CT molecular complexity index is 1850. The summed E-state index contributed by atoms with van der Waals surface area (Å²) >= 11 is 0. The van der Waals surface area contributed by atoms with E-state index in [1.807, 2.05) is 87.0 Å². The molecule has 0 unspecified atom stereocenters. The number of para-hydroxylation sites is 1. The van der Waals surface area contributed by atoms with Crippen LogP contribution < -0.4 is 11.1 Å². The summed E-state index contributed by atoms with van der Waals surface area (Å²) in [6, 6.07) is 19.5. The SMILES string of the molecule is C[C@@H](NC(=O)c1c(N)nn2cccnc12)c1cc2cccc(/C=C\c3cnn(C)c3)c2nc1-c1ccccc1. The lowest BCUT2D eigenvalue weighted by Gasteiger charge is -2.19. The molecular formula is C30H26N8O. The van der Waals surface area contributed by atoms with Gasteiger partial charge in [-0.1, -0.05) is 60.7 Å². The third-order valence-corrected chi connectivity index (χ3v) is 6.60. The van der Waals surface area contributed by atoms with Crippen LogP contribution >= 0.6 is 0 Å². The molecule has 0 aliphatic carbocycles. The van der Waals surface area contributed by atoms with Crippen LogP contribution in [-0.2, 0) is 7.05 Å². The first-order valence-corrected chi connectivity index (χ1v) is 12.5. The molecule has 0 saturated carbocycles. The van der Waals surface area contributed by atoms with Crippen molar-refractivity contribution < 1.29 is 4.79 Å². The summed E-state index contributed by atoms with van der Waals surface area (Å²) in [5.41, 5.74) is 12.3. The molecule has 0 saturated heterocycles. The lowest BCUT2D eigenvalue weighted by Crippen LogP contribution is -2.28. The quantitative estimate of drug-likeness (QED) is 0.326. The van der Waals surface area contributed by atoms with Crippen molar-refractivity contribution in [3.8, 4) is 11.3 Å². The van der Waals surface area contributed by atoms with Gasteiger partial charge >= 0.3 is 0 Å². The van der Waals surface area contributed by atoms with Crippen LogP contribution in [0.5, 0.6) is 0 Å². The van der Waals surface area contributed by atoms with Crippen LogP contribution in [0.15, 0.2) is 85.5 Å². The number of anilines is 1. The number of pyridine rings is 1. The Labute approximate surface area is 224 Å². The van der Waals surface area contributed by atoms with Crippen molar-refractivity contribution >= 4 is 40.4 Å². The van der Waals surface area contributed by atoms with Crippen molar-refractivity contribution in [2.45, 2.75) is 13.0 Å². The minimum atomic E-state index is -0.378. The van der Waals surface area contributed by atoms with Gasteiger partial charge in [-0.3, -0.25) is 9.48 Å². The van der Waals surface area contributed by atoms with Crippen molar-refractivity contribution in [2.24, 2.45) is 7.05 Å². The molecule has 6 aromatic rings. The van der Waals surface area contributed by atoms with Crippen LogP contribution in [0.3, 0.4) is 0 Å². The average molecular weight is 515 g/mol. The maximum Gasteiger partial charge on any atom is 0.259 e. The predicted molar refractivity (Wildman–Crippen MR) is 153 cm³/mol. The van der Waals surface area contributed by atoms with Crippen molar-refractivity contribution in [3.05, 3.63) is 108 Å². The molecule has 6 rings (SSSR count). The summed E-state index contributed by atoms with van der Waals surface area (Å²) in [6.45, 7) is 1.94. The molecule has 9 heteroatoms. The van der Waals surface area contributed by atoms with Gasteiger partial charge in [-0.25, -0.2) is 14.5 Å². The number of nitrogen functional groups attached to an aromatic ring is 1. The topological polar surface area (TPSA) is 116 Å². The number of hydrogen-bond donors (Lipinski definition) is 2. The second-order valence-corrected chi connectivity index (χ2v) is 9.34. The number of nitrogens with two attached hydrogens (primary N) is 1. The molecule has 2 aromatic carbocycles. The minimum absolute atomic E-state index is 0.128. The average Bonchev–Trinajstić information content (AvgIpc) is 3.52. The van der Waals surface area contributed by atoms with Crippen LogP contribution in [0.1, 0.15) is 40.0 Å². The highest BCUT2D eigenvalue weighted by Crippen LogP contribution is 2.32. The standard InChI is InChI=1S/C30H26N8O/c1-19(34-30(39)25-28(31)36-38-15-7-14-32-29(25)38)24-16-23-11-6-10-22(13-12-20-17-33-37(2)18-20)26(23)35-27(24)21-8-4-3-5-9-21/h3-19H,1-2H3,(H2,31,36)(H,34,39)/b13-12-/t19-/m1/s1. The lowest BCUT2D eigenvalue weighted by atomic mass is 9.97. The fourth-order valence-corrected chi connectivity index (χ4v) is 4.71. The van der Waals surface area contributed by atoms with Gasteiger partial charge in [-0.05, 0) is 19.1 Å². The fourth-order valence-electron chi connectivity index (χ4n) is 4.71. The first kappa shape index (κ1) is 24.1. The zero-order chi connectivity index (χ0) is 26.9. The molecule has 9 nitrogen and oxygen atoms in total. The highest BCUT2D eigenvalue weighted by molar-refractivity contribution is 6.04. The maximum absolute atomic E-state index is 13.4. The smallest absolute Gasteiger partial charge is 0.259 e. The number of benzene rings is 2. The molecule has 0 aliphatic heterocycles. The second kappa shape index (κ2) is 9.86. The number of hydrogen-bond acceptors (Lipinski definition) is 6. The summed E-state index contributed by atoms with van der Waals surface area (Å²) in [4.78, 5) is 22.8. The Morgan fingerprint density at radius 3 is 2.72 bits per heavy atom. The third-order valence-electron chi connectivity index (χ3n) is 6.60. The predicted octanol–water partition coefficient (Wildman–Crippen LogP) is 4.92. The zero-order valence-electron chi connectivity index (χ0n) is 21.5. The van der Waals surface area contributed by atoms with E-state index in [1.165, 1.54) is 4.52 Å². The first-order valence-electron chi connectivity index (χ1n) is 12.5. The number of aromatic nitrogens is 6. The summed E-state index contributed by atoms with van der Waals surface area (Å²) < 4.78 is 3.27. The van der Waals surface area contributed by atoms with Crippen LogP contribution in [0, 0.1) is 0 Å². The van der Waals surface area contributed by atoms with E-state index in [0.29, 0.717) is 5.65 Å². The summed E-state index contributed by atoms with van der Waals surface area (Å²) in [5.74, 6) is -0.218. The molecule has 0 aliphatic rings. The van der Waals surface area contributed by atoms with E-state index in [0.717, 1.165) is 38.9 Å². The summed E-state index contributed by atoms with van der Waals surface area (Å²) in [6.07, 6.45) is 11.2. The molecule has 3 N–H and O–H groups in total. The van der Waals surface area contributed by atoms with Gasteiger partial charge in [0.05, 0.1) is 23.4 Å². The Morgan fingerprint density at radius 1 is 1.08 bits per heavy atom. The maximum atomic E-state index is 13.4. The van der Waals surface area contributed by atoms with Crippen LogP contribution in [0.25, 0.3) is 40.0 Å². The molecule has 192 valence electrons. The van der Waals surface area contributed by atoms with E-state index in [-0.39, 0.29) is 23.3 Å². The van der Waals surface area contributed by atoms with Gasteiger partial charge in [-0.2, -0.15) is 5.10 Å². The molecule has 1 amide bonds. The number of fused-ring (bicyclic) bond motifs is 2. The van der Waals surface area contributed by atoms with E-state index >= 15 is 0 Å². The minimum Gasteiger partial charge on any atom is -0.381 e. The molecule has 0 radical (unpaired) electrons. The molecule has 0 spiro atoms.